The minimum absolute atomic E-state index is 0.0150. The van der Waals surface area contributed by atoms with E-state index in [1.165, 1.54) is 0 Å². The van der Waals surface area contributed by atoms with Gasteiger partial charge in [0.25, 0.3) is 0 Å². The number of fused-ring (bicyclic) bond motifs is 2. The van der Waals surface area contributed by atoms with Gasteiger partial charge in [0.05, 0.1) is 23.9 Å². The number of benzene rings is 1. The Morgan fingerprint density at radius 3 is 2.58 bits per heavy atom. The van der Waals surface area contributed by atoms with Crippen LogP contribution in [0, 0.1) is 23.2 Å². The normalized spacial score (nSPS) is 32.1. The summed E-state index contributed by atoms with van der Waals surface area (Å²) in [6.45, 7) is 8.32. The van der Waals surface area contributed by atoms with Gasteiger partial charge in [0.15, 0.2) is 0 Å². The zero-order chi connectivity index (χ0) is 17.8. The second-order valence-electron chi connectivity index (χ2n) is 7.92. The van der Waals surface area contributed by atoms with Crippen LogP contribution in [-0.4, -0.2) is 23.9 Å². The highest BCUT2D eigenvalue weighted by atomic mass is 16.5. The van der Waals surface area contributed by atoms with E-state index >= 15 is 0 Å². The topological polar surface area (TPSA) is 70.9 Å². The molecule has 24 heavy (non-hydrogen) atoms. The van der Waals surface area contributed by atoms with Crippen LogP contribution in [-0.2, 0) is 4.79 Å². The predicted octanol–water partition coefficient (Wildman–Crippen LogP) is 3.99. The summed E-state index contributed by atoms with van der Waals surface area (Å²) in [5.74, 6) is 0.636. The first-order valence-corrected chi connectivity index (χ1v) is 8.39. The third-order valence-corrected chi connectivity index (χ3v) is 6.89. The summed E-state index contributed by atoms with van der Waals surface area (Å²) in [6, 6.07) is 5.74. The molecule has 2 aliphatic rings. The van der Waals surface area contributed by atoms with Crippen LogP contribution in [0.4, 0.5) is 5.69 Å². The lowest BCUT2D eigenvalue weighted by Gasteiger charge is -2.39. The number of carbonyl (C=O) groups is 1. The molecule has 3 rings (SSSR count). The molecule has 2 atom stereocenters. The van der Waals surface area contributed by atoms with Crippen molar-refractivity contribution in [1.82, 2.24) is 0 Å². The number of rotatable bonds is 3. The van der Waals surface area contributed by atoms with Crippen molar-refractivity contribution in [1.29, 1.82) is 0 Å². The lowest BCUT2D eigenvalue weighted by Crippen LogP contribution is -2.43. The highest BCUT2D eigenvalue weighted by Crippen LogP contribution is 2.71. The summed E-state index contributed by atoms with van der Waals surface area (Å²) in [6.07, 6.45) is 2.17. The van der Waals surface area contributed by atoms with Gasteiger partial charge in [0.2, 0.25) is 5.91 Å². The van der Waals surface area contributed by atoms with Gasteiger partial charge in [-0.15, -0.1) is 0 Å². The van der Waals surface area contributed by atoms with Gasteiger partial charge in [-0.3, -0.25) is 4.79 Å². The van der Waals surface area contributed by atoms with E-state index in [-0.39, 0.29) is 16.7 Å². The van der Waals surface area contributed by atoms with E-state index in [0.717, 1.165) is 24.1 Å². The molecule has 1 aromatic rings. The third kappa shape index (κ3) is 1.93. The summed E-state index contributed by atoms with van der Waals surface area (Å²) in [7, 11) is 1.60. The molecule has 2 bridgehead atoms. The van der Waals surface area contributed by atoms with Crippen LogP contribution in [0.1, 0.15) is 45.6 Å². The third-order valence-electron chi connectivity index (χ3n) is 6.89. The number of hydrogen-bond donors (Lipinski definition) is 2. The average molecular weight is 330 g/mol. The second-order valence-corrected chi connectivity index (χ2v) is 7.92. The number of methoxy groups -OCH3 is 1. The second kappa shape index (κ2) is 5.23. The van der Waals surface area contributed by atoms with Crippen molar-refractivity contribution >= 4 is 17.3 Å². The Kier molecular flexibility index (Phi) is 3.66. The summed E-state index contributed by atoms with van der Waals surface area (Å²) in [5, 5.41) is 16.0. The number of hydrogen-bond acceptors (Lipinski definition) is 4. The molecule has 0 spiro atoms. The maximum absolute atomic E-state index is 13.3. The van der Waals surface area contributed by atoms with Crippen LogP contribution >= 0.6 is 0 Å². The largest absolute Gasteiger partial charge is 0.495 e. The number of anilines is 1. The van der Waals surface area contributed by atoms with E-state index in [9.17, 15) is 10.0 Å². The molecule has 0 aromatic heterocycles. The number of carbonyl (C=O) groups excluding carboxylic acids is 1. The van der Waals surface area contributed by atoms with Crippen molar-refractivity contribution in [3.05, 3.63) is 23.8 Å². The fourth-order valence-corrected chi connectivity index (χ4v) is 4.70. The Hall–Kier alpha value is -2.04. The summed E-state index contributed by atoms with van der Waals surface area (Å²) in [4.78, 5) is 13.3. The zero-order valence-corrected chi connectivity index (χ0v) is 15.1. The molecule has 1 aromatic carbocycles. The van der Waals surface area contributed by atoms with Gasteiger partial charge in [-0.1, -0.05) is 32.0 Å². The first kappa shape index (κ1) is 16.8. The first-order valence-electron chi connectivity index (χ1n) is 8.39. The maximum Gasteiger partial charge on any atom is 0.231 e. The van der Waals surface area contributed by atoms with Gasteiger partial charge < -0.3 is 15.3 Å². The molecule has 5 heteroatoms. The number of aryl methyl sites for hydroxylation is 1. The number of amides is 1. The molecule has 2 N–H and O–H groups in total. The summed E-state index contributed by atoms with van der Waals surface area (Å²) in [5.41, 5.74) is 1.42. The first-order chi connectivity index (χ1) is 11.2. The van der Waals surface area contributed by atoms with E-state index in [2.05, 4.69) is 31.2 Å². The molecule has 2 aliphatic carbocycles. The predicted molar refractivity (Wildman–Crippen MR) is 93.8 cm³/mol. The Labute approximate surface area is 143 Å². The fraction of sp³-hybridized carbons (Fsp3) is 0.579. The van der Waals surface area contributed by atoms with Gasteiger partial charge in [-0.05, 0) is 42.9 Å². The molecular weight excluding hydrogens is 304 g/mol. The number of oxime groups is 1. The summed E-state index contributed by atoms with van der Waals surface area (Å²) < 4.78 is 5.38. The molecule has 0 aliphatic heterocycles. The van der Waals surface area contributed by atoms with Crippen LogP contribution in [0.2, 0.25) is 0 Å². The van der Waals surface area contributed by atoms with E-state index in [1.807, 2.05) is 25.1 Å². The highest BCUT2D eigenvalue weighted by molar-refractivity contribution is 6.06. The lowest BCUT2D eigenvalue weighted by molar-refractivity contribution is -0.130. The smallest absolute Gasteiger partial charge is 0.231 e. The van der Waals surface area contributed by atoms with E-state index in [4.69, 9.17) is 4.74 Å². The number of nitrogens with zero attached hydrogens (tertiary/aromatic N) is 1. The zero-order valence-electron chi connectivity index (χ0n) is 15.1. The molecule has 2 saturated carbocycles. The molecule has 0 radical (unpaired) electrons. The number of nitrogens with one attached hydrogen (secondary N) is 1. The molecule has 2 unspecified atom stereocenters. The molecular formula is C19H26N2O3. The Morgan fingerprint density at radius 1 is 1.29 bits per heavy atom. The Morgan fingerprint density at radius 2 is 2.00 bits per heavy atom. The molecule has 1 amide bonds. The van der Waals surface area contributed by atoms with E-state index in [1.54, 1.807) is 7.11 Å². The minimum Gasteiger partial charge on any atom is -0.495 e. The standard InChI is InChI=1S/C19H26N2O3/c1-12-6-7-14(24-5)13(10-12)20-16(22)19-9-8-18(4,17(19,2)3)15(11-19)21-23/h6-7,10,23H,8-9,11H2,1-5H3,(H,20,22). The van der Waals surface area contributed by atoms with Crippen molar-refractivity contribution in [2.24, 2.45) is 21.4 Å². The molecule has 130 valence electrons. The Bertz CT molecular complexity index is 725. The molecule has 2 fully saturated rings. The highest BCUT2D eigenvalue weighted by Gasteiger charge is 2.71. The van der Waals surface area contributed by atoms with Crippen LogP contribution in [0.25, 0.3) is 0 Å². The number of ether oxygens (including phenoxy) is 1. The molecule has 0 saturated heterocycles. The van der Waals surface area contributed by atoms with E-state index in [0.29, 0.717) is 17.9 Å². The van der Waals surface area contributed by atoms with Crippen LogP contribution in [0.5, 0.6) is 5.75 Å². The summed E-state index contributed by atoms with van der Waals surface area (Å²) >= 11 is 0. The maximum atomic E-state index is 13.3. The van der Waals surface area contributed by atoms with Gasteiger partial charge in [-0.25, -0.2) is 0 Å². The lowest BCUT2D eigenvalue weighted by atomic mass is 9.64. The van der Waals surface area contributed by atoms with Crippen molar-refractivity contribution in [2.75, 3.05) is 12.4 Å². The molecule has 5 nitrogen and oxygen atoms in total. The van der Waals surface area contributed by atoms with Gasteiger partial charge in [-0.2, -0.15) is 0 Å². The van der Waals surface area contributed by atoms with Crippen molar-refractivity contribution in [2.45, 2.75) is 47.0 Å². The minimum atomic E-state index is -0.557. The van der Waals surface area contributed by atoms with Gasteiger partial charge >= 0.3 is 0 Å². The van der Waals surface area contributed by atoms with Crippen LogP contribution in [0.15, 0.2) is 23.4 Å². The van der Waals surface area contributed by atoms with Gasteiger partial charge in [0, 0.05) is 11.8 Å². The SMILES string of the molecule is COc1ccc(C)cc1NC(=O)C12CCC(C)(C(=NO)C1)C2(C)C. The quantitative estimate of drug-likeness (QED) is 0.650. The Balaban J connectivity index is 1.98. The monoisotopic (exact) mass is 330 g/mol. The van der Waals surface area contributed by atoms with Gasteiger partial charge in [0.1, 0.15) is 5.75 Å². The van der Waals surface area contributed by atoms with Crippen molar-refractivity contribution < 1.29 is 14.7 Å². The van der Waals surface area contributed by atoms with Crippen molar-refractivity contribution in [3.8, 4) is 5.75 Å². The average Bonchev–Trinajstić information content (AvgIpc) is 2.85. The van der Waals surface area contributed by atoms with Crippen molar-refractivity contribution in [3.63, 3.8) is 0 Å². The van der Waals surface area contributed by atoms with Crippen LogP contribution in [0.3, 0.4) is 0 Å². The fourth-order valence-electron chi connectivity index (χ4n) is 4.70. The van der Waals surface area contributed by atoms with E-state index < -0.39 is 5.41 Å². The molecule has 0 heterocycles. The van der Waals surface area contributed by atoms with Crippen LogP contribution < -0.4 is 10.1 Å².